The van der Waals surface area contributed by atoms with Crippen molar-refractivity contribution < 1.29 is 40.3 Å². The second-order valence-corrected chi connectivity index (χ2v) is 11.4. The average Bonchev–Trinajstić information content (AvgIpc) is 3.09. The quantitative estimate of drug-likeness (QED) is 0.325. The van der Waals surface area contributed by atoms with Crippen molar-refractivity contribution in [1.82, 2.24) is 4.57 Å². The van der Waals surface area contributed by atoms with Gasteiger partial charge in [-0.15, -0.1) is 0 Å². The Hall–Kier alpha value is -4.06. The van der Waals surface area contributed by atoms with E-state index in [4.69, 9.17) is 0 Å². The number of alkyl halides is 5. The maximum absolute atomic E-state index is 16.5. The number of carbonyl (C=O) groups is 1. The van der Waals surface area contributed by atoms with E-state index in [1.165, 1.54) is 18.2 Å². The highest BCUT2D eigenvalue weighted by Gasteiger charge is 2.51. The summed E-state index contributed by atoms with van der Waals surface area (Å²) in [5, 5.41) is 7.36. The van der Waals surface area contributed by atoms with Gasteiger partial charge in [-0.05, 0) is 35.4 Å². The van der Waals surface area contributed by atoms with E-state index in [0.29, 0.717) is 28.2 Å². The maximum atomic E-state index is 16.5. The Labute approximate surface area is 217 Å². The van der Waals surface area contributed by atoms with Crippen LogP contribution in [0.25, 0.3) is 21.9 Å². The molecule has 0 fully saturated rings. The summed E-state index contributed by atoms with van der Waals surface area (Å²) < 4.78 is 101. The number of aromatic nitrogens is 1. The zero-order chi connectivity index (χ0) is 28.5. The zero-order valence-corrected chi connectivity index (χ0v) is 20.7. The van der Waals surface area contributed by atoms with Gasteiger partial charge in [0.1, 0.15) is 5.03 Å². The second kappa shape index (κ2) is 8.73. The number of carboxylic acids is 1. The van der Waals surface area contributed by atoms with Crippen molar-refractivity contribution >= 4 is 26.6 Å². The highest BCUT2D eigenvalue weighted by atomic mass is 32.2. The van der Waals surface area contributed by atoms with Gasteiger partial charge in [-0.3, -0.25) is 9.36 Å². The summed E-state index contributed by atoms with van der Waals surface area (Å²) in [5.41, 5.74) is -5.79. The normalized spacial score (nSPS) is 18.7. The molecule has 2 heterocycles. The molecule has 0 amide bonds. The van der Waals surface area contributed by atoms with Gasteiger partial charge < -0.3 is 5.11 Å². The lowest BCUT2D eigenvalue weighted by atomic mass is 9.90. The van der Waals surface area contributed by atoms with Crippen LogP contribution in [0.4, 0.5) is 22.0 Å². The van der Waals surface area contributed by atoms with Gasteiger partial charge in [-0.2, -0.15) is 22.0 Å². The molecule has 0 aliphatic carbocycles. The van der Waals surface area contributed by atoms with E-state index < -0.39 is 77.6 Å². The van der Waals surface area contributed by atoms with Crippen LogP contribution in [0, 0.1) is 0 Å². The molecule has 2 atom stereocenters. The first kappa shape index (κ1) is 26.5. The number of sulfone groups is 1. The fourth-order valence-corrected chi connectivity index (χ4v) is 6.95. The van der Waals surface area contributed by atoms with Crippen LogP contribution in [0.3, 0.4) is 0 Å². The van der Waals surface area contributed by atoms with Crippen LogP contribution in [-0.2, 0) is 26.7 Å². The highest BCUT2D eigenvalue weighted by Crippen LogP contribution is 2.48. The van der Waals surface area contributed by atoms with Crippen molar-refractivity contribution in [1.29, 1.82) is 0 Å². The monoisotopic (exact) mass is 563 g/mol. The predicted molar refractivity (Wildman–Crippen MR) is 131 cm³/mol. The molecule has 39 heavy (non-hydrogen) atoms. The fraction of sp³-hybridized carbons (Fsp3) is 0.185. The number of hydrogen-bond acceptors (Lipinski definition) is 4. The SMILES string of the molecule is CC1C(C(=O)O)n2c(c(-c3cccc(C(F)(F)F)c3)c(C(F)(F)c3cccc4ccccc34)cc2=O)S1(=O)=O. The van der Waals surface area contributed by atoms with Gasteiger partial charge in [0.05, 0.1) is 10.8 Å². The highest BCUT2D eigenvalue weighted by molar-refractivity contribution is 7.92. The molecule has 0 saturated carbocycles. The van der Waals surface area contributed by atoms with E-state index in [9.17, 15) is 36.3 Å². The molecule has 1 aromatic heterocycles. The Kier molecular flexibility index (Phi) is 5.94. The number of nitrogens with zero attached hydrogens (tertiary/aromatic N) is 1. The summed E-state index contributed by atoms with van der Waals surface area (Å²) in [6.45, 7) is 0.999. The van der Waals surface area contributed by atoms with E-state index >= 15 is 8.78 Å². The molecule has 5 rings (SSSR count). The number of rotatable bonds is 4. The number of aliphatic carboxylic acids is 1. The number of pyridine rings is 1. The average molecular weight is 564 g/mol. The lowest BCUT2D eigenvalue weighted by Gasteiger charge is -2.24. The van der Waals surface area contributed by atoms with Crippen molar-refractivity contribution in [2.24, 2.45) is 0 Å². The molecule has 1 aliphatic heterocycles. The first-order valence-electron chi connectivity index (χ1n) is 11.5. The lowest BCUT2D eigenvalue weighted by Crippen LogP contribution is -2.33. The number of carboxylic acid groups (broad SMARTS) is 1. The topological polar surface area (TPSA) is 93.4 Å². The van der Waals surface area contributed by atoms with Gasteiger partial charge in [0.15, 0.2) is 15.9 Å². The maximum Gasteiger partial charge on any atom is 0.416 e. The van der Waals surface area contributed by atoms with Gasteiger partial charge in [-0.25, -0.2) is 13.2 Å². The van der Waals surface area contributed by atoms with E-state index in [1.807, 2.05) is 0 Å². The summed E-state index contributed by atoms with van der Waals surface area (Å²) in [6.07, 6.45) is -4.90. The van der Waals surface area contributed by atoms with Crippen molar-refractivity contribution in [3.8, 4) is 11.1 Å². The molecule has 0 saturated heterocycles. The van der Waals surface area contributed by atoms with E-state index in [1.54, 1.807) is 18.2 Å². The van der Waals surface area contributed by atoms with E-state index in [-0.39, 0.29) is 5.39 Å². The number of hydrogen-bond donors (Lipinski definition) is 1. The minimum atomic E-state index is -4.90. The summed E-state index contributed by atoms with van der Waals surface area (Å²) in [7, 11) is -4.77. The van der Waals surface area contributed by atoms with Crippen LogP contribution in [-0.4, -0.2) is 29.3 Å². The van der Waals surface area contributed by atoms with Gasteiger partial charge in [-0.1, -0.05) is 54.6 Å². The Morgan fingerprint density at radius 2 is 1.54 bits per heavy atom. The smallest absolute Gasteiger partial charge is 0.416 e. The van der Waals surface area contributed by atoms with Gasteiger partial charge in [0.2, 0.25) is 0 Å². The van der Waals surface area contributed by atoms with Gasteiger partial charge in [0, 0.05) is 22.8 Å². The van der Waals surface area contributed by atoms with Crippen LogP contribution in [0.15, 0.2) is 82.6 Å². The molecule has 6 nitrogen and oxygen atoms in total. The van der Waals surface area contributed by atoms with Crippen molar-refractivity contribution in [2.75, 3.05) is 0 Å². The van der Waals surface area contributed by atoms with Crippen LogP contribution in [0.1, 0.15) is 29.7 Å². The number of benzene rings is 3. The number of fused-ring (bicyclic) bond motifs is 2. The first-order chi connectivity index (χ1) is 18.2. The predicted octanol–water partition coefficient (Wildman–Crippen LogP) is 5.63. The van der Waals surface area contributed by atoms with E-state index in [0.717, 1.165) is 25.1 Å². The van der Waals surface area contributed by atoms with E-state index in [2.05, 4.69) is 0 Å². The lowest BCUT2D eigenvalue weighted by molar-refractivity contribution is -0.141. The van der Waals surface area contributed by atoms with Crippen molar-refractivity contribution in [3.63, 3.8) is 0 Å². The molecule has 4 aromatic rings. The molecule has 2 unspecified atom stereocenters. The Bertz CT molecular complexity index is 1820. The summed E-state index contributed by atoms with van der Waals surface area (Å²) in [4.78, 5) is 25.1. The molecule has 0 bridgehead atoms. The summed E-state index contributed by atoms with van der Waals surface area (Å²) in [6, 6.07) is 11.6. The Balaban J connectivity index is 1.95. The molecule has 1 N–H and O–H groups in total. The first-order valence-corrected chi connectivity index (χ1v) is 13.0. The van der Waals surface area contributed by atoms with Gasteiger partial charge in [0.25, 0.3) is 11.5 Å². The largest absolute Gasteiger partial charge is 0.480 e. The fourth-order valence-electron chi connectivity index (χ4n) is 5.03. The molecule has 1 aliphatic rings. The standard InChI is InChI=1S/C27H18F5NO5S/c1-14-23(25(35)36)33-21(34)13-20(26(28,29)19-11-5-7-15-6-2-3-10-18(15)19)22(24(33)39(14,37)38)16-8-4-9-17(12-16)27(30,31)32/h2-14,23H,1H3,(H,35,36). The minimum Gasteiger partial charge on any atom is -0.480 e. The summed E-state index contributed by atoms with van der Waals surface area (Å²) >= 11 is 0. The zero-order valence-electron chi connectivity index (χ0n) is 19.9. The molecule has 0 radical (unpaired) electrons. The molecule has 12 heteroatoms. The third kappa shape index (κ3) is 4.01. The molecule has 202 valence electrons. The number of halogens is 5. The molecular weight excluding hydrogens is 545 g/mol. The summed E-state index contributed by atoms with van der Waals surface area (Å²) in [5.74, 6) is -5.80. The third-order valence-electron chi connectivity index (χ3n) is 6.89. The third-order valence-corrected chi connectivity index (χ3v) is 9.06. The van der Waals surface area contributed by atoms with Crippen molar-refractivity contribution in [2.45, 2.75) is 35.3 Å². The Morgan fingerprint density at radius 1 is 0.897 bits per heavy atom. The van der Waals surface area contributed by atoms with Crippen molar-refractivity contribution in [3.05, 3.63) is 99.8 Å². The second-order valence-electron chi connectivity index (χ2n) is 9.16. The van der Waals surface area contributed by atoms with Crippen LogP contribution < -0.4 is 5.56 Å². The van der Waals surface area contributed by atoms with Crippen LogP contribution in [0.5, 0.6) is 0 Å². The van der Waals surface area contributed by atoms with Crippen LogP contribution in [0.2, 0.25) is 0 Å². The molecule has 3 aromatic carbocycles. The minimum absolute atomic E-state index is 0.0697. The molecular formula is C27H18F5NO5S. The molecule has 0 spiro atoms. The van der Waals surface area contributed by atoms with Crippen LogP contribution >= 0.6 is 0 Å². The Morgan fingerprint density at radius 3 is 2.21 bits per heavy atom. The van der Waals surface area contributed by atoms with Gasteiger partial charge >= 0.3 is 12.1 Å².